The molecule has 1 aromatic heterocycles. The lowest BCUT2D eigenvalue weighted by molar-refractivity contribution is 0.123. The van der Waals surface area contributed by atoms with Crippen LogP contribution in [0.25, 0.3) is 0 Å². The second-order valence-electron chi connectivity index (χ2n) is 6.11. The van der Waals surface area contributed by atoms with E-state index in [1.165, 1.54) is 30.6 Å². The van der Waals surface area contributed by atoms with Gasteiger partial charge in [-0.15, -0.1) is 11.3 Å². The zero-order valence-corrected chi connectivity index (χ0v) is 11.8. The van der Waals surface area contributed by atoms with Crippen LogP contribution in [-0.4, -0.2) is 12.1 Å². The lowest BCUT2D eigenvalue weighted by Gasteiger charge is -2.45. The average molecular weight is 252 g/mol. The second kappa shape index (κ2) is 5.09. The number of hydrogen-bond acceptors (Lipinski definition) is 3. The van der Waals surface area contributed by atoms with Crippen LogP contribution in [0.15, 0.2) is 17.5 Å². The Hall–Kier alpha value is -0.380. The normalized spacial score (nSPS) is 28.2. The van der Waals surface area contributed by atoms with Crippen LogP contribution in [0.5, 0.6) is 0 Å². The van der Waals surface area contributed by atoms with E-state index >= 15 is 0 Å². The predicted octanol–water partition coefficient (Wildman–Crippen LogP) is 3.14. The number of thiophene rings is 1. The van der Waals surface area contributed by atoms with Crippen molar-refractivity contribution < 1.29 is 0 Å². The van der Waals surface area contributed by atoms with Crippen molar-refractivity contribution in [3.05, 3.63) is 22.4 Å². The number of hydrogen-bond donors (Lipinski definition) is 2. The van der Waals surface area contributed by atoms with Crippen LogP contribution >= 0.6 is 11.3 Å². The Morgan fingerprint density at radius 2 is 2.24 bits per heavy atom. The first-order chi connectivity index (χ1) is 8.05. The Labute approximate surface area is 109 Å². The SMILES string of the molecule is CC1(C)CCCC(CN)(NCc2cccs2)C1. The maximum Gasteiger partial charge on any atom is 0.0312 e. The lowest BCUT2D eigenvalue weighted by atomic mass is 9.68. The van der Waals surface area contributed by atoms with E-state index < -0.39 is 0 Å². The Bertz CT molecular complexity index is 345. The highest BCUT2D eigenvalue weighted by Gasteiger charge is 2.38. The van der Waals surface area contributed by atoms with Crippen molar-refractivity contribution in [3.63, 3.8) is 0 Å². The van der Waals surface area contributed by atoms with Gasteiger partial charge in [-0.1, -0.05) is 26.3 Å². The van der Waals surface area contributed by atoms with Gasteiger partial charge in [0, 0.05) is 23.5 Å². The van der Waals surface area contributed by atoms with Crippen molar-refractivity contribution in [1.29, 1.82) is 0 Å². The molecule has 0 spiro atoms. The van der Waals surface area contributed by atoms with Gasteiger partial charge in [0.25, 0.3) is 0 Å². The summed E-state index contributed by atoms with van der Waals surface area (Å²) in [6.45, 7) is 6.44. The third kappa shape index (κ3) is 3.30. The molecule has 2 nitrogen and oxygen atoms in total. The second-order valence-corrected chi connectivity index (χ2v) is 7.14. The average Bonchev–Trinajstić information content (AvgIpc) is 2.78. The third-order valence-electron chi connectivity index (χ3n) is 3.93. The van der Waals surface area contributed by atoms with Crippen molar-refractivity contribution in [2.24, 2.45) is 11.1 Å². The molecule has 17 heavy (non-hydrogen) atoms. The maximum atomic E-state index is 6.04. The van der Waals surface area contributed by atoms with Gasteiger partial charge in [-0.3, -0.25) is 0 Å². The minimum atomic E-state index is 0.158. The van der Waals surface area contributed by atoms with E-state index in [0.29, 0.717) is 5.41 Å². The minimum absolute atomic E-state index is 0.158. The smallest absolute Gasteiger partial charge is 0.0312 e. The summed E-state index contributed by atoms with van der Waals surface area (Å²) in [7, 11) is 0. The molecule has 0 aromatic carbocycles. The molecule has 1 unspecified atom stereocenters. The van der Waals surface area contributed by atoms with Crippen molar-refractivity contribution in [2.75, 3.05) is 6.54 Å². The van der Waals surface area contributed by atoms with E-state index in [2.05, 4.69) is 36.7 Å². The number of nitrogens with two attached hydrogens (primary N) is 1. The molecule has 1 saturated carbocycles. The summed E-state index contributed by atoms with van der Waals surface area (Å²) in [4.78, 5) is 1.40. The molecule has 1 atom stereocenters. The number of rotatable bonds is 4. The van der Waals surface area contributed by atoms with Crippen LogP contribution < -0.4 is 11.1 Å². The summed E-state index contributed by atoms with van der Waals surface area (Å²) < 4.78 is 0. The highest BCUT2D eigenvalue weighted by atomic mass is 32.1. The highest BCUT2D eigenvalue weighted by Crippen LogP contribution is 2.40. The van der Waals surface area contributed by atoms with Gasteiger partial charge >= 0.3 is 0 Å². The van der Waals surface area contributed by atoms with Crippen LogP contribution in [0.2, 0.25) is 0 Å². The predicted molar refractivity (Wildman–Crippen MR) is 75.2 cm³/mol. The Balaban J connectivity index is 1.99. The van der Waals surface area contributed by atoms with Crippen molar-refractivity contribution in [2.45, 2.75) is 51.6 Å². The molecular weight excluding hydrogens is 228 g/mol. The fraction of sp³-hybridized carbons (Fsp3) is 0.714. The van der Waals surface area contributed by atoms with Gasteiger partial charge in [-0.2, -0.15) is 0 Å². The summed E-state index contributed by atoms with van der Waals surface area (Å²) in [5.74, 6) is 0. The molecule has 1 aromatic rings. The first-order valence-electron chi connectivity index (χ1n) is 6.53. The molecule has 1 heterocycles. The summed E-state index contributed by atoms with van der Waals surface area (Å²) in [5, 5.41) is 5.86. The first kappa shape index (κ1) is 13.1. The lowest BCUT2D eigenvalue weighted by Crippen LogP contribution is -2.55. The Morgan fingerprint density at radius 3 is 2.82 bits per heavy atom. The summed E-state index contributed by atoms with van der Waals surface area (Å²) in [6, 6.07) is 4.30. The van der Waals surface area contributed by atoms with E-state index in [1.807, 2.05) is 11.3 Å². The van der Waals surface area contributed by atoms with Crippen molar-refractivity contribution in [3.8, 4) is 0 Å². The summed E-state index contributed by atoms with van der Waals surface area (Å²) in [5.41, 5.74) is 6.63. The van der Waals surface area contributed by atoms with Gasteiger partial charge in [0.05, 0.1) is 0 Å². The number of nitrogens with one attached hydrogen (secondary N) is 1. The fourth-order valence-electron chi connectivity index (χ4n) is 3.08. The van der Waals surface area contributed by atoms with E-state index in [-0.39, 0.29) is 5.54 Å². The topological polar surface area (TPSA) is 38.0 Å². The summed E-state index contributed by atoms with van der Waals surface area (Å²) >= 11 is 1.82. The highest BCUT2D eigenvalue weighted by molar-refractivity contribution is 7.09. The van der Waals surface area contributed by atoms with Crippen LogP contribution in [0.4, 0.5) is 0 Å². The molecule has 3 N–H and O–H groups in total. The zero-order valence-electron chi connectivity index (χ0n) is 11.0. The van der Waals surface area contributed by atoms with Gasteiger partial charge in [-0.05, 0) is 36.1 Å². The van der Waals surface area contributed by atoms with Gasteiger partial charge in [-0.25, -0.2) is 0 Å². The van der Waals surface area contributed by atoms with Gasteiger partial charge in [0.1, 0.15) is 0 Å². The van der Waals surface area contributed by atoms with E-state index in [0.717, 1.165) is 13.1 Å². The Kier molecular flexibility index (Phi) is 3.91. The Morgan fingerprint density at radius 1 is 1.41 bits per heavy atom. The first-order valence-corrected chi connectivity index (χ1v) is 7.41. The van der Waals surface area contributed by atoms with Gasteiger partial charge in [0.2, 0.25) is 0 Å². The van der Waals surface area contributed by atoms with E-state index in [1.54, 1.807) is 0 Å². The van der Waals surface area contributed by atoms with Gasteiger partial charge < -0.3 is 11.1 Å². The standard InChI is InChI=1S/C14H24N2S/c1-13(2)6-4-7-14(10-13,11-15)16-9-12-5-3-8-17-12/h3,5,8,16H,4,6-7,9-11,15H2,1-2H3. The maximum absolute atomic E-state index is 6.04. The largest absolute Gasteiger partial charge is 0.329 e. The summed E-state index contributed by atoms with van der Waals surface area (Å²) in [6.07, 6.45) is 5.04. The zero-order chi connectivity index (χ0) is 12.4. The molecule has 0 saturated heterocycles. The van der Waals surface area contributed by atoms with E-state index in [9.17, 15) is 0 Å². The van der Waals surface area contributed by atoms with Crippen LogP contribution in [-0.2, 0) is 6.54 Å². The fourth-order valence-corrected chi connectivity index (χ4v) is 3.73. The molecule has 1 aliphatic rings. The molecule has 3 heteroatoms. The van der Waals surface area contributed by atoms with E-state index in [4.69, 9.17) is 5.73 Å². The van der Waals surface area contributed by atoms with Crippen molar-refractivity contribution >= 4 is 11.3 Å². The molecule has 0 radical (unpaired) electrons. The molecule has 0 amide bonds. The quantitative estimate of drug-likeness (QED) is 0.864. The van der Waals surface area contributed by atoms with Crippen LogP contribution in [0.3, 0.4) is 0 Å². The minimum Gasteiger partial charge on any atom is -0.329 e. The molecule has 0 aliphatic heterocycles. The molecular formula is C14H24N2S. The molecule has 0 bridgehead atoms. The monoisotopic (exact) mass is 252 g/mol. The third-order valence-corrected chi connectivity index (χ3v) is 4.81. The van der Waals surface area contributed by atoms with Crippen molar-refractivity contribution in [1.82, 2.24) is 5.32 Å². The molecule has 1 fully saturated rings. The van der Waals surface area contributed by atoms with Gasteiger partial charge in [0.15, 0.2) is 0 Å². The molecule has 96 valence electrons. The molecule has 2 rings (SSSR count). The molecule has 1 aliphatic carbocycles. The van der Waals surface area contributed by atoms with Crippen LogP contribution in [0.1, 0.15) is 44.4 Å². The van der Waals surface area contributed by atoms with Crippen LogP contribution in [0, 0.1) is 5.41 Å².